The van der Waals surface area contributed by atoms with Gasteiger partial charge in [0.05, 0.1) is 18.3 Å². The summed E-state index contributed by atoms with van der Waals surface area (Å²) < 4.78 is 0. The van der Waals surface area contributed by atoms with Crippen molar-refractivity contribution in [3.8, 4) is 0 Å². The molecule has 0 aliphatic heterocycles. The van der Waals surface area contributed by atoms with Crippen LogP contribution in [-0.2, 0) is 0 Å². The lowest BCUT2D eigenvalue weighted by atomic mass is 9.92. The average molecular weight is 221 g/mol. The van der Waals surface area contributed by atoms with Crippen LogP contribution in [0.3, 0.4) is 0 Å². The van der Waals surface area contributed by atoms with Crippen molar-refractivity contribution in [2.45, 2.75) is 26.7 Å². The monoisotopic (exact) mass is 221 g/mol. The predicted octanol–water partition coefficient (Wildman–Crippen LogP) is 1.31. The van der Waals surface area contributed by atoms with Crippen molar-refractivity contribution in [1.82, 2.24) is 0 Å². The zero-order chi connectivity index (χ0) is 12.3. The van der Waals surface area contributed by atoms with E-state index >= 15 is 0 Å². The summed E-state index contributed by atoms with van der Waals surface area (Å²) in [6.45, 7) is 6.08. The molecule has 4 heteroatoms. The lowest BCUT2D eigenvalue weighted by Gasteiger charge is -2.16. The minimum Gasteiger partial charge on any atom is -0.324 e. The van der Waals surface area contributed by atoms with Crippen molar-refractivity contribution in [3.05, 3.63) is 23.3 Å². The third kappa shape index (κ3) is 2.40. The number of benzene rings is 1. The SMILES string of the molecule is C[NH2+]c1cc(NN)cc(C(C)C)c1C(C)=N. The number of nitrogen functional groups attached to an aromatic ring is 1. The van der Waals surface area contributed by atoms with Crippen molar-refractivity contribution in [2.24, 2.45) is 5.84 Å². The molecule has 1 aromatic rings. The number of anilines is 1. The topological polar surface area (TPSA) is 78.5 Å². The standard InChI is InChI=1S/C12H20N4/c1-7(2)10-5-9(16-14)6-11(15-4)12(10)8(3)13/h5-7,13,15-16H,14H2,1-4H3/p+1. The van der Waals surface area contributed by atoms with Gasteiger partial charge in [0, 0.05) is 11.8 Å². The van der Waals surface area contributed by atoms with Gasteiger partial charge in [0.15, 0.2) is 0 Å². The second-order valence-electron chi connectivity index (χ2n) is 4.24. The lowest BCUT2D eigenvalue weighted by molar-refractivity contribution is -0.539. The van der Waals surface area contributed by atoms with E-state index in [9.17, 15) is 0 Å². The number of hydrogen-bond acceptors (Lipinski definition) is 3. The third-order valence-electron chi connectivity index (χ3n) is 2.67. The molecule has 0 radical (unpaired) electrons. The summed E-state index contributed by atoms with van der Waals surface area (Å²) in [5.74, 6) is 5.83. The van der Waals surface area contributed by atoms with Crippen LogP contribution in [0, 0.1) is 5.41 Å². The fourth-order valence-corrected chi connectivity index (χ4v) is 1.89. The molecule has 6 N–H and O–H groups in total. The van der Waals surface area contributed by atoms with Gasteiger partial charge in [0.1, 0.15) is 5.69 Å². The molecule has 88 valence electrons. The minimum atomic E-state index is 0.377. The van der Waals surface area contributed by atoms with Crippen LogP contribution in [0.4, 0.5) is 11.4 Å². The summed E-state index contributed by atoms with van der Waals surface area (Å²) in [5, 5.41) is 9.88. The van der Waals surface area contributed by atoms with Crippen LogP contribution in [0.5, 0.6) is 0 Å². The highest BCUT2D eigenvalue weighted by Gasteiger charge is 2.16. The molecule has 0 unspecified atom stereocenters. The van der Waals surface area contributed by atoms with E-state index in [1.165, 1.54) is 0 Å². The second kappa shape index (κ2) is 5.09. The Morgan fingerprint density at radius 2 is 2.06 bits per heavy atom. The molecule has 0 saturated heterocycles. The first kappa shape index (κ1) is 12.7. The molecule has 0 heterocycles. The first-order valence-electron chi connectivity index (χ1n) is 5.50. The van der Waals surface area contributed by atoms with E-state index in [4.69, 9.17) is 11.3 Å². The number of nitrogens with one attached hydrogen (secondary N) is 2. The Kier molecular flexibility index (Phi) is 4.04. The van der Waals surface area contributed by atoms with Gasteiger partial charge in [-0.3, -0.25) is 5.84 Å². The molecule has 0 atom stereocenters. The molecule has 0 bridgehead atoms. The molecule has 0 amide bonds. The molecule has 0 saturated carbocycles. The van der Waals surface area contributed by atoms with E-state index in [-0.39, 0.29) is 0 Å². The fourth-order valence-electron chi connectivity index (χ4n) is 1.89. The van der Waals surface area contributed by atoms with Gasteiger partial charge in [-0.05, 0) is 24.5 Å². The summed E-state index contributed by atoms with van der Waals surface area (Å²) in [5.41, 5.74) is 7.41. The Hall–Kier alpha value is -1.39. The van der Waals surface area contributed by atoms with Crippen LogP contribution >= 0.6 is 0 Å². The number of hydrogen-bond donors (Lipinski definition) is 4. The third-order valence-corrected chi connectivity index (χ3v) is 2.67. The Bertz CT molecular complexity index is 396. The summed E-state index contributed by atoms with van der Waals surface area (Å²) in [6.07, 6.45) is 0. The summed E-state index contributed by atoms with van der Waals surface area (Å²) in [7, 11) is 1.98. The van der Waals surface area contributed by atoms with Crippen molar-refractivity contribution in [3.63, 3.8) is 0 Å². The molecular formula is C12H21N4+. The Balaban J connectivity index is 3.47. The highest BCUT2D eigenvalue weighted by Crippen LogP contribution is 2.28. The van der Waals surface area contributed by atoms with Gasteiger partial charge in [-0.1, -0.05) is 13.8 Å². The van der Waals surface area contributed by atoms with Crippen molar-refractivity contribution >= 4 is 17.1 Å². The highest BCUT2D eigenvalue weighted by atomic mass is 15.2. The Morgan fingerprint density at radius 3 is 2.44 bits per heavy atom. The maximum Gasteiger partial charge on any atom is 0.140 e. The molecule has 0 aliphatic carbocycles. The van der Waals surface area contributed by atoms with Crippen molar-refractivity contribution < 1.29 is 5.32 Å². The van der Waals surface area contributed by atoms with Gasteiger partial charge >= 0.3 is 0 Å². The van der Waals surface area contributed by atoms with Gasteiger partial charge in [0.2, 0.25) is 0 Å². The molecule has 16 heavy (non-hydrogen) atoms. The number of quaternary nitrogens is 1. The first-order chi connectivity index (χ1) is 7.51. The van der Waals surface area contributed by atoms with Gasteiger partial charge in [-0.25, -0.2) is 0 Å². The molecule has 1 rings (SSSR count). The lowest BCUT2D eigenvalue weighted by Crippen LogP contribution is -2.73. The van der Waals surface area contributed by atoms with Crippen LogP contribution in [0.2, 0.25) is 0 Å². The minimum absolute atomic E-state index is 0.377. The maximum atomic E-state index is 7.87. The van der Waals surface area contributed by atoms with Gasteiger partial charge in [-0.15, -0.1) is 0 Å². The number of hydrazine groups is 1. The Labute approximate surface area is 96.7 Å². The first-order valence-corrected chi connectivity index (χ1v) is 5.50. The Morgan fingerprint density at radius 1 is 1.44 bits per heavy atom. The van der Waals surface area contributed by atoms with E-state index in [2.05, 4.69) is 19.3 Å². The van der Waals surface area contributed by atoms with E-state index in [1.54, 1.807) is 0 Å². The van der Waals surface area contributed by atoms with Crippen LogP contribution in [0.15, 0.2) is 12.1 Å². The van der Waals surface area contributed by atoms with Crippen molar-refractivity contribution in [1.29, 1.82) is 5.41 Å². The van der Waals surface area contributed by atoms with E-state index in [0.717, 1.165) is 22.5 Å². The van der Waals surface area contributed by atoms with Crippen LogP contribution in [0.1, 0.15) is 37.8 Å². The molecule has 4 nitrogen and oxygen atoms in total. The van der Waals surface area contributed by atoms with Gasteiger partial charge in [-0.2, -0.15) is 0 Å². The fraction of sp³-hybridized carbons (Fsp3) is 0.417. The van der Waals surface area contributed by atoms with E-state index in [1.807, 2.05) is 31.4 Å². The molecule has 0 aromatic heterocycles. The number of nitrogens with two attached hydrogens (primary N) is 2. The molecule has 0 spiro atoms. The molecule has 0 fully saturated rings. The van der Waals surface area contributed by atoms with Gasteiger partial charge < -0.3 is 16.2 Å². The van der Waals surface area contributed by atoms with Crippen molar-refractivity contribution in [2.75, 3.05) is 12.5 Å². The number of rotatable bonds is 4. The van der Waals surface area contributed by atoms with Gasteiger partial charge in [0.25, 0.3) is 0 Å². The van der Waals surface area contributed by atoms with Crippen LogP contribution < -0.4 is 16.6 Å². The van der Waals surface area contributed by atoms with E-state index < -0.39 is 0 Å². The zero-order valence-corrected chi connectivity index (χ0v) is 10.4. The molecule has 1 aromatic carbocycles. The van der Waals surface area contributed by atoms with E-state index in [0.29, 0.717) is 11.6 Å². The summed E-state index contributed by atoms with van der Waals surface area (Å²) in [6, 6.07) is 3.99. The molecule has 0 aliphatic rings. The average Bonchev–Trinajstić information content (AvgIpc) is 2.26. The second-order valence-corrected chi connectivity index (χ2v) is 4.24. The maximum absolute atomic E-state index is 7.87. The quantitative estimate of drug-likeness (QED) is 0.268. The zero-order valence-electron chi connectivity index (χ0n) is 10.4. The van der Waals surface area contributed by atoms with Crippen LogP contribution in [-0.4, -0.2) is 12.8 Å². The predicted molar refractivity (Wildman–Crippen MR) is 68.4 cm³/mol. The smallest absolute Gasteiger partial charge is 0.140 e. The summed E-state index contributed by atoms with van der Waals surface area (Å²) >= 11 is 0. The summed E-state index contributed by atoms with van der Waals surface area (Å²) in [4.78, 5) is 0. The van der Waals surface area contributed by atoms with Crippen LogP contribution in [0.25, 0.3) is 0 Å². The highest BCUT2D eigenvalue weighted by molar-refractivity contribution is 6.02. The molecular weight excluding hydrogens is 200 g/mol. The normalized spacial score (nSPS) is 10.6. The largest absolute Gasteiger partial charge is 0.324 e.